The molecule has 0 spiro atoms. The number of hydrogen-bond acceptors (Lipinski definition) is 4. The summed E-state index contributed by atoms with van der Waals surface area (Å²) >= 11 is 0. The number of aromatic nitrogens is 2. The third-order valence-corrected chi connectivity index (χ3v) is 2.78. The molecule has 0 saturated carbocycles. The fourth-order valence-electron chi connectivity index (χ4n) is 1.83. The highest BCUT2D eigenvalue weighted by Gasteiger charge is 2.01. The minimum absolute atomic E-state index is 0.0907. The first-order chi connectivity index (χ1) is 9.67. The van der Waals surface area contributed by atoms with Gasteiger partial charge in [0, 0.05) is 19.9 Å². The van der Waals surface area contributed by atoms with Crippen LogP contribution in [0.25, 0.3) is 0 Å². The maximum Gasteiger partial charge on any atom is 0.239 e. The van der Waals surface area contributed by atoms with Gasteiger partial charge in [0.05, 0.1) is 18.5 Å². The summed E-state index contributed by atoms with van der Waals surface area (Å²) in [4.78, 5) is 10.8. The molecule has 2 rings (SSSR count). The number of nitrogens with two attached hydrogens (primary N) is 1. The molecule has 0 fully saturated rings. The van der Waals surface area contributed by atoms with E-state index in [9.17, 15) is 4.79 Å². The smallest absolute Gasteiger partial charge is 0.239 e. The Labute approximate surface area is 117 Å². The monoisotopic (exact) mass is 274 g/mol. The van der Waals surface area contributed by atoms with Crippen LogP contribution in [0, 0.1) is 0 Å². The molecule has 0 atom stereocenters. The van der Waals surface area contributed by atoms with Crippen molar-refractivity contribution in [3.8, 4) is 0 Å². The predicted molar refractivity (Wildman–Crippen MR) is 75.9 cm³/mol. The van der Waals surface area contributed by atoms with Crippen LogP contribution in [0.4, 0.5) is 5.69 Å². The average Bonchev–Trinajstić information content (AvgIpc) is 2.85. The lowest BCUT2D eigenvalue weighted by atomic mass is 10.1. The number of amides is 1. The summed E-state index contributed by atoms with van der Waals surface area (Å²) < 4.78 is 6.57. The van der Waals surface area contributed by atoms with Gasteiger partial charge < -0.3 is 15.8 Å². The third-order valence-electron chi connectivity index (χ3n) is 2.78. The number of anilines is 1. The highest BCUT2D eigenvalue weighted by Crippen LogP contribution is 2.10. The number of nitrogens with zero attached hydrogens (tertiary/aromatic N) is 2. The van der Waals surface area contributed by atoms with Crippen molar-refractivity contribution in [1.29, 1.82) is 0 Å². The molecule has 20 heavy (non-hydrogen) atoms. The molecule has 3 N–H and O–H groups in total. The topological polar surface area (TPSA) is 82.2 Å². The fraction of sp³-hybridized carbons (Fsp3) is 0.286. The molecular weight excluding hydrogens is 256 g/mol. The number of nitrogens with one attached hydrogen (secondary N) is 1. The zero-order chi connectivity index (χ0) is 14.4. The van der Waals surface area contributed by atoms with Crippen LogP contribution in [0.2, 0.25) is 0 Å². The van der Waals surface area contributed by atoms with Gasteiger partial charge >= 0.3 is 0 Å². The minimum Gasteiger partial charge on any atom is -0.380 e. The molecular formula is C14H18N4O2. The first kappa shape index (κ1) is 14.1. The van der Waals surface area contributed by atoms with E-state index >= 15 is 0 Å². The lowest BCUT2D eigenvalue weighted by Crippen LogP contribution is -2.18. The van der Waals surface area contributed by atoms with E-state index in [1.54, 1.807) is 19.5 Å². The van der Waals surface area contributed by atoms with E-state index < -0.39 is 5.91 Å². The Bertz CT molecular complexity index is 563. The van der Waals surface area contributed by atoms with E-state index in [0.717, 1.165) is 16.8 Å². The molecule has 0 radical (unpaired) electrons. The Kier molecular flexibility index (Phi) is 4.73. The second-order valence-electron chi connectivity index (χ2n) is 4.50. The van der Waals surface area contributed by atoms with E-state index in [-0.39, 0.29) is 6.54 Å². The quantitative estimate of drug-likeness (QED) is 0.793. The normalized spacial score (nSPS) is 10.4. The van der Waals surface area contributed by atoms with Crippen molar-refractivity contribution in [2.24, 2.45) is 5.73 Å². The lowest BCUT2D eigenvalue weighted by Gasteiger charge is -2.05. The van der Waals surface area contributed by atoms with Crippen molar-refractivity contribution in [3.05, 3.63) is 47.8 Å². The maximum absolute atomic E-state index is 10.8. The standard InChI is InChI=1S/C14H18N4O2/c1-20-10-12-4-2-11(3-5-12)6-16-13-7-17-18(8-13)9-14(15)19/h2-5,7-8,16H,6,9-10H2,1H3,(H2,15,19). The molecule has 106 valence electrons. The van der Waals surface area contributed by atoms with Gasteiger partial charge in [-0.3, -0.25) is 9.48 Å². The van der Waals surface area contributed by atoms with Crippen molar-refractivity contribution in [3.63, 3.8) is 0 Å². The number of hydrogen-bond donors (Lipinski definition) is 2. The summed E-state index contributed by atoms with van der Waals surface area (Å²) in [6, 6.07) is 8.18. The van der Waals surface area contributed by atoms with Gasteiger partial charge in [-0.1, -0.05) is 24.3 Å². The third kappa shape index (κ3) is 4.10. The maximum atomic E-state index is 10.8. The Balaban J connectivity index is 1.88. The average molecular weight is 274 g/mol. The van der Waals surface area contributed by atoms with E-state index in [2.05, 4.69) is 22.5 Å². The van der Waals surface area contributed by atoms with Crippen LogP contribution in [-0.2, 0) is 29.2 Å². The van der Waals surface area contributed by atoms with Gasteiger partial charge in [0.25, 0.3) is 0 Å². The molecule has 0 saturated heterocycles. The van der Waals surface area contributed by atoms with Crippen molar-refractivity contribution >= 4 is 11.6 Å². The molecule has 0 aliphatic rings. The van der Waals surface area contributed by atoms with Gasteiger partial charge in [-0.15, -0.1) is 0 Å². The SMILES string of the molecule is COCc1ccc(CNc2cnn(CC(N)=O)c2)cc1. The number of carbonyl (C=O) groups excluding carboxylic acids is 1. The van der Waals surface area contributed by atoms with Gasteiger partial charge in [0.2, 0.25) is 5.91 Å². The molecule has 2 aromatic rings. The Morgan fingerprint density at radius 1 is 1.35 bits per heavy atom. The summed E-state index contributed by atoms with van der Waals surface area (Å²) in [6.07, 6.45) is 3.42. The van der Waals surface area contributed by atoms with Crippen LogP contribution in [0.1, 0.15) is 11.1 Å². The second kappa shape index (κ2) is 6.72. The van der Waals surface area contributed by atoms with E-state index in [1.165, 1.54) is 4.68 Å². The number of carbonyl (C=O) groups is 1. The molecule has 6 heteroatoms. The van der Waals surface area contributed by atoms with Crippen LogP contribution in [-0.4, -0.2) is 22.8 Å². The summed E-state index contributed by atoms with van der Waals surface area (Å²) in [5, 5.41) is 7.28. The van der Waals surface area contributed by atoms with Crippen LogP contribution < -0.4 is 11.1 Å². The van der Waals surface area contributed by atoms with Crippen LogP contribution in [0.5, 0.6) is 0 Å². The number of methoxy groups -OCH3 is 1. The Morgan fingerprint density at radius 3 is 2.70 bits per heavy atom. The van der Waals surface area contributed by atoms with Crippen molar-refractivity contribution in [1.82, 2.24) is 9.78 Å². The largest absolute Gasteiger partial charge is 0.380 e. The summed E-state index contributed by atoms with van der Waals surface area (Å²) in [6.45, 7) is 1.40. The van der Waals surface area contributed by atoms with E-state index in [4.69, 9.17) is 10.5 Å². The summed E-state index contributed by atoms with van der Waals surface area (Å²) in [7, 11) is 1.68. The molecule has 1 aromatic carbocycles. The number of primary amides is 1. The molecule has 1 aromatic heterocycles. The van der Waals surface area contributed by atoms with Crippen molar-refractivity contribution in [2.45, 2.75) is 19.7 Å². The minimum atomic E-state index is -0.409. The van der Waals surface area contributed by atoms with E-state index in [1.807, 2.05) is 12.1 Å². The van der Waals surface area contributed by atoms with Gasteiger partial charge in [-0.05, 0) is 11.1 Å². The Morgan fingerprint density at radius 2 is 2.05 bits per heavy atom. The van der Waals surface area contributed by atoms with Gasteiger partial charge in [-0.25, -0.2) is 0 Å². The van der Waals surface area contributed by atoms with Crippen LogP contribution in [0.3, 0.4) is 0 Å². The number of ether oxygens (including phenoxy) is 1. The molecule has 0 unspecified atom stereocenters. The predicted octanol–water partition coefficient (Wildman–Crippen LogP) is 1.13. The molecule has 0 aliphatic carbocycles. The van der Waals surface area contributed by atoms with Gasteiger partial charge in [0.1, 0.15) is 6.54 Å². The van der Waals surface area contributed by atoms with Crippen molar-refractivity contribution < 1.29 is 9.53 Å². The first-order valence-electron chi connectivity index (χ1n) is 6.29. The molecule has 0 aliphatic heterocycles. The molecule has 6 nitrogen and oxygen atoms in total. The van der Waals surface area contributed by atoms with Gasteiger partial charge in [-0.2, -0.15) is 5.10 Å². The zero-order valence-electron chi connectivity index (χ0n) is 11.4. The van der Waals surface area contributed by atoms with Crippen molar-refractivity contribution in [2.75, 3.05) is 12.4 Å². The molecule has 0 bridgehead atoms. The zero-order valence-corrected chi connectivity index (χ0v) is 11.4. The Hall–Kier alpha value is -2.34. The summed E-state index contributed by atoms with van der Waals surface area (Å²) in [5.41, 5.74) is 8.26. The number of benzene rings is 1. The molecule has 1 heterocycles. The van der Waals surface area contributed by atoms with Gasteiger partial charge in [0.15, 0.2) is 0 Å². The molecule has 1 amide bonds. The fourth-order valence-corrected chi connectivity index (χ4v) is 1.83. The lowest BCUT2D eigenvalue weighted by molar-refractivity contribution is -0.118. The summed E-state index contributed by atoms with van der Waals surface area (Å²) in [5.74, 6) is -0.409. The highest BCUT2D eigenvalue weighted by molar-refractivity contribution is 5.73. The number of rotatable bonds is 7. The highest BCUT2D eigenvalue weighted by atomic mass is 16.5. The van der Waals surface area contributed by atoms with Crippen LogP contribution >= 0.6 is 0 Å². The van der Waals surface area contributed by atoms with E-state index in [0.29, 0.717) is 13.2 Å². The van der Waals surface area contributed by atoms with Crippen LogP contribution in [0.15, 0.2) is 36.7 Å². The second-order valence-corrected chi connectivity index (χ2v) is 4.50. The first-order valence-corrected chi connectivity index (χ1v) is 6.29.